The van der Waals surface area contributed by atoms with Gasteiger partial charge in [-0.3, -0.25) is 0 Å². The lowest BCUT2D eigenvalue weighted by Gasteiger charge is -2.25. The number of hydrogen-bond acceptors (Lipinski definition) is 3. The second-order valence-electron chi connectivity index (χ2n) is 4.71. The zero-order chi connectivity index (χ0) is 13.5. The summed E-state index contributed by atoms with van der Waals surface area (Å²) in [5.41, 5.74) is 2.52. The third kappa shape index (κ3) is 4.00. The highest BCUT2D eigenvalue weighted by Crippen LogP contribution is 2.26. The Morgan fingerprint density at radius 2 is 2.06 bits per heavy atom. The van der Waals surface area contributed by atoms with Crippen LogP contribution in [0.2, 0.25) is 0 Å². The quantitative estimate of drug-likeness (QED) is 0.805. The van der Waals surface area contributed by atoms with Gasteiger partial charge in [-0.2, -0.15) is 0 Å². The van der Waals surface area contributed by atoms with Gasteiger partial charge >= 0.3 is 0 Å². The minimum absolute atomic E-state index is 0.315. The average Bonchev–Trinajstić information content (AvgIpc) is 2.38. The first-order chi connectivity index (χ1) is 8.62. The summed E-state index contributed by atoms with van der Waals surface area (Å²) in [5, 5.41) is 3.54. The molecule has 1 rings (SSSR count). The number of ether oxygens (including phenoxy) is 1. The lowest BCUT2D eigenvalue weighted by Crippen LogP contribution is -2.33. The van der Waals surface area contributed by atoms with Crippen molar-refractivity contribution in [2.45, 2.75) is 26.8 Å². The van der Waals surface area contributed by atoms with E-state index >= 15 is 0 Å². The van der Waals surface area contributed by atoms with E-state index in [1.165, 1.54) is 11.1 Å². The minimum Gasteiger partial charge on any atom is -0.496 e. The van der Waals surface area contributed by atoms with E-state index in [0.717, 1.165) is 25.4 Å². The molecule has 0 aromatic heterocycles. The average molecular weight is 250 g/mol. The van der Waals surface area contributed by atoms with Crippen molar-refractivity contribution >= 4 is 0 Å². The lowest BCUT2D eigenvalue weighted by molar-refractivity contribution is 0.300. The van der Waals surface area contributed by atoms with E-state index in [2.05, 4.69) is 56.2 Å². The van der Waals surface area contributed by atoms with E-state index in [1.54, 1.807) is 7.11 Å². The molecule has 1 aromatic rings. The maximum atomic E-state index is 5.48. The van der Waals surface area contributed by atoms with Gasteiger partial charge in [-0.05, 0) is 33.1 Å². The zero-order valence-electron chi connectivity index (χ0n) is 12.3. The van der Waals surface area contributed by atoms with Gasteiger partial charge in [0, 0.05) is 18.2 Å². The van der Waals surface area contributed by atoms with Crippen LogP contribution in [0.5, 0.6) is 5.75 Å². The molecule has 0 aliphatic rings. The fourth-order valence-electron chi connectivity index (χ4n) is 2.09. The zero-order valence-corrected chi connectivity index (χ0v) is 12.3. The Balaban J connectivity index is 2.99. The van der Waals surface area contributed by atoms with Gasteiger partial charge in [-0.15, -0.1) is 0 Å². The van der Waals surface area contributed by atoms with Crippen LogP contribution in [0.25, 0.3) is 0 Å². The second kappa shape index (κ2) is 7.39. The van der Waals surface area contributed by atoms with Crippen molar-refractivity contribution in [3.8, 4) is 5.75 Å². The van der Waals surface area contributed by atoms with Crippen LogP contribution in [-0.4, -0.2) is 38.7 Å². The Bertz CT molecular complexity index is 366. The molecule has 102 valence electrons. The highest BCUT2D eigenvalue weighted by atomic mass is 16.5. The topological polar surface area (TPSA) is 24.5 Å². The normalized spacial score (nSPS) is 12.8. The number of nitrogens with zero attached hydrogens (tertiary/aromatic N) is 1. The number of likely N-dealkylation sites (N-methyl/N-ethyl adjacent to an activating group) is 2. The van der Waals surface area contributed by atoms with Gasteiger partial charge in [0.25, 0.3) is 0 Å². The van der Waals surface area contributed by atoms with Crippen LogP contribution in [0.4, 0.5) is 0 Å². The molecule has 1 N–H and O–H groups in total. The monoisotopic (exact) mass is 250 g/mol. The summed E-state index contributed by atoms with van der Waals surface area (Å²) in [4.78, 5) is 2.31. The van der Waals surface area contributed by atoms with Gasteiger partial charge in [0.2, 0.25) is 0 Å². The van der Waals surface area contributed by atoms with Crippen LogP contribution >= 0.6 is 0 Å². The molecule has 0 spiro atoms. The highest BCUT2D eigenvalue weighted by Gasteiger charge is 2.16. The van der Waals surface area contributed by atoms with Crippen molar-refractivity contribution < 1.29 is 4.74 Å². The highest BCUT2D eigenvalue weighted by molar-refractivity contribution is 5.39. The molecule has 1 aromatic carbocycles. The number of hydrogen-bond donors (Lipinski definition) is 1. The molecular formula is C15H26N2O. The van der Waals surface area contributed by atoms with Gasteiger partial charge in [-0.1, -0.05) is 31.5 Å². The van der Waals surface area contributed by atoms with Crippen molar-refractivity contribution in [3.63, 3.8) is 0 Å². The SMILES string of the molecule is CCNC(CN(C)CC)c1cc(C)ccc1OC. The molecule has 0 aliphatic carbocycles. The lowest BCUT2D eigenvalue weighted by atomic mass is 10.0. The molecule has 0 aliphatic heterocycles. The Labute approximate surface area is 111 Å². The van der Waals surface area contributed by atoms with E-state index in [9.17, 15) is 0 Å². The number of methoxy groups -OCH3 is 1. The molecule has 1 unspecified atom stereocenters. The largest absolute Gasteiger partial charge is 0.496 e. The molecule has 0 saturated heterocycles. The van der Waals surface area contributed by atoms with Crippen LogP contribution < -0.4 is 10.1 Å². The van der Waals surface area contributed by atoms with Gasteiger partial charge in [0.05, 0.1) is 7.11 Å². The first-order valence-electron chi connectivity index (χ1n) is 6.68. The maximum absolute atomic E-state index is 5.48. The van der Waals surface area contributed by atoms with E-state index in [1.807, 2.05) is 0 Å². The fraction of sp³-hybridized carbons (Fsp3) is 0.600. The van der Waals surface area contributed by atoms with Crippen LogP contribution in [0.1, 0.15) is 31.0 Å². The third-order valence-electron chi connectivity index (χ3n) is 3.25. The Kier molecular flexibility index (Phi) is 6.16. The van der Waals surface area contributed by atoms with Crippen molar-refractivity contribution in [2.24, 2.45) is 0 Å². The Morgan fingerprint density at radius 3 is 2.61 bits per heavy atom. The smallest absolute Gasteiger partial charge is 0.123 e. The molecule has 3 heteroatoms. The molecule has 0 fully saturated rings. The van der Waals surface area contributed by atoms with Crippen molar-refractivity contribution in [2.75, 3.05) is 33.8 Å². The van der Waals surface area contributed by atoms with Crippen LogP contribution in [0, 0.1) is 6.92 Å². The molecule has 0 heterocycles. The standard InChI is InChI=1S/C15H26N2O/c1-6-16-14(11-17(4)7-2)13-10-12(3)8-9-15(13)18-5/h8-10,14,16H,6-7,11H2,1-5H3. The molecule has 0 saturated carbocycles. The molecule has 3 nitrogen and oxygen atoms in total. The first kappa shape index (κ1) is 15.0. The van der Waals surface area contributed by atoms with Crippen LogP contribution in [-0.2, 0) is 0 Å². The number of aryl methyl sites for hydroxylation is 1. The van der Waals surface area contributed by atoms with Gasteiger partial charge in [0.1, 0.15) is 5.75 Å². The van der Waals surface area contributed by atoms with Crippen molar-refractivity contribution in [3.05, 3.63) is 29.3 Å². The predicted octanol–water partition coefficient (Wildman–Crippen LogP) is 2.61. The van der Waals surface area contributed by atoms with Crippen LogP contribution in [0.3, 0.4) is 0 Å². The molecule has 0 bridgehead atoms. The number of benzene rings is 1. The summed E-state index contributed by atoms with van der Waals surface area (Å²) in [6, 6.07) is 6.68. The van der Waals surface area contributed by atoms with E-state index in [0.29, 0.717) is 6.04 Å². The maximum Gasteiger partial charge on any atom is 0.123 e. The van der Waals surface area contributed by atoms with E-state index < -0.39 is 0 Å². The predicted molar refractivity (Wildman–Crippen MR) is 77.3 cm³/mol. The Morgan fingerprint density at radius 1 is 1.33 bits per heavy atom. The van der Waals surface area contributed by atoms with E-state index in [4.69, 9.17) is 4.74 Å². The van der Waals surface area contributed by atoms with Crippen molar-refractivity contribution in [1.82, 2.24) is 10.2 Å². The molecular weight excluding hydrogens is 224 g/mol. The summed E-state index contributed by atoms with van der Waals surface area (Å²) in [6.45, 7) is 9.44. The van der Waals surface area contributed by atoms with Crippen molar-refractivity contribution in [1.29, 1.82) is 0 Å². The van der Waals surface area contributed by atoms with Gasteiger partial charge in [0.15, 0.2) is 0 Å². The fourth-order valence-corrected chi connectivity index (χ4v) is 2.09. The summed E-state index contributed by atoms with van der Waals surface area (Å²) < 4.78 is 5.48. The molecule has 0 radical (unpaired) electrons. The van der Waals surface area contributed by atoms with Gasteiger partial charge < -0.3 is 15.0 Å². The van der Waals surface area contributed by atoms with Gasteiger partial charge in [-0.25, -0.2) is 0 Å². The molecule has 1 atom stereocenters. The molecule has 0 amide bonds. The van der Waals surface area contributed by atoms with Crippen LogP contribution in [0.15, 0.2) is 18.2 Å². The first-order valence-corrected chi connectivity index (χ1v) is 6.68. The van der Waals surface area contributed by atoms with E-state index in [-0.39, 0.29) is 0 Å². The summed E-state index contributed by atoms with van der Waals surface area (Å²) >= 11 is 0. The third-order valence-corrected chi connectivity index (χ3v) is 3.25. The summed E-state index contributed by atoms with van der Waals surface area (Å²) in [6.07, 6.45) is 0. The summed E-state index contributed by atoms with van der Waals surface area (Å²) in [5.74, 6) is 0.969. The number of nitrogens with one attached hydrogen (secondary N) is 1. The minimum atomic E-state index is 0.315. The summed E-state index contributed by atoms with van der Waals surface area (Å²) in [7, 11) is 3.88. The second-order valence-corrected chi connectivity index (χ2v) is 4.71. The molecule has 18 heavy (non-hydrogen) atoms. The number of rotatable bonds is 7. The Hall–Kier alpha value is -1.06.